The second-order valence-corrected chi connectivity index (χ2v) is 7.21. The summed E-state index contributed by atoms with van der Waals surface area (Å²) in [7, 11) is 3.12. The first-order valence-electron chi connectivity index (χ1n) is 9.87. The molecule has 3 rings (SSSR count). The molecule has 0 radical (unpaired) electrons. The maximum Gasteiger partial charge on any atom is 0.332 e. The van der Waals surface area contributed by atoms with Crippen molar-refractivity contribution in [1.82, 2.24) is 18.7 Å². The molecule has 1 aromatic carbocycles. The molecule has 1 atom stereocenters. The van der Waals surface area contributed by atoms with Gasteiger partial charge in [-0.15, -0.1) is 0 Å². The fraction of sp³-hybridized carbons (Fsp3) is 0.476. The van der Waals surface area contributed by atoms with E-state index in [0.29, 0.717) is 35.4 Å². The second kappa shape index (κ2) is 8.46. The van der Waals surface area contributed by atoms with Crippen molar-refractivity contribution in [1.29, 1.82) is 0 Å². The molecule has 0 saturated carbocycles. The van der Waals surface area contributed by atoms with Gasteiger partial charge in [0.25, 0.3) is 5.56 Å². The number of hydrogen-bond donors (Lipinski definition) is 0. The highest BCUT2D eigenvalue weighted by Gasteiger charge is 2.22. The summed E-state index contributed by atoms with van der Waals surface area (Å²) in [6, 6.07) is 9.70. The Bertz CT molecular complexity index is 1060. The normalized spacial score (nSPS) is 12.4. The van der Waals surface area contributed by atoms with E-state index in [1.165, 1.54) is 11.6 Å². The van der Waals surface area contributed by atoms with Gasteiger partial charge in [-0.2, -0.15) is 4.98 Å². The van der Waals surface area contributed by atoms with Crippen molar-refractivity contribution in [2.24, 2.45) is 20.0 Å². The van der Waals surface area contributed by atoms with E-state index in [1.54, 1.807) is 7.05 Å². The van der Waals surface area contributed by atoms with Gasteiger partial charge in [-0.1, -0.05) is 51.3 Å². The monoisotopic (exact) mass is 384 g/mol. The molecule has 7 heteroatoms. The van der Waals surface area contributed by atoms with E-state index in [0.717, 1.165) is 30.3 Å². The van der Waals surface area contributed by atoms with E-state index in [1.807, 2.05) is 34.9 Å². The van der Waals surface area contributed by atoms with Gasteiger partial charge < -0.3 is 4.74 Å². The van der Waals surface area contributed by atoms with Crippen molar-refractivity contribution in [3.8, 4) is 11.8 Å². The van der Waals surface area contributed by atoms with Crippen LogP contribution in [0.4, 0.5) is 0 Å². The quantitative estimate of drug-likeness (QED) is 0.596. The molecule has 0 saturated heterocycles. The zero-order valence-electron chi connectivity index (χ0n) is 17.0. The molecule has 0 bridgehead atoms. The highest BCUT2D eigenvalue weighted by atomic mass is 16.5. The third kappa shape index (κ3) is 3.74. The topological polar surface area (TPSA) is 71.1 Å². The van der Waals surface area contributed by atoms with Crippen molar-refractivity contribution in [2.75, 3.05) is 0 Å². The number of benzene rings is 1. The third-order valence-corrected chi connectivity index (χ3v) is 5.25. The smallest absolute Gasteiger partial charge is 0.332 e. The molecule has 150 valence electrons. The minimum Gasteiger partial charge on any atom is -0.425 e. The predicted molar refractivity (Wildman–Crippen MR) is 110 cm³/mol. The fourth-order valence-corrected chi connectivity index (χ4v) is 3.44. The van der Waals surface area contributed by atoms with Gasteiger partial charge in [-0.25, -0.2) is 4.79 Å². The van der Waals surface area contributed by atoms with Crippen molar-refractivity contribution < 1.29 is 4.74 Å². The lowest BCUT2D eigenvalue weighted by molar-refractivity contribution is 0.353. The predicted octanol–water partition coefficient (Wildman–Crippen LogP) is 3.44. The van der Waals surface area contributed by atoms with Crippen molar-refractivity contribution in [3.63, 3.8) is 0 Å². The standard InChI is InChI=1S/C21H28N4O3/c1-5-7-11-15(6-2)14-25-17-18(23(3)21(27)24(4)19(17)26)22-20(25)28-16-12-9-8-10-13-16/h8-10,12-13,15H,5-7,11,14H2,1-4H3/t15-/m1/s1. The third-order valence-electron chi connectivity index (χ3n) is 5.25. The molecule has 0 aliphatic rings. The van der Waals surface area contributed by atoms with Crippen LogP contribution in [-0.4, -0.2) is 18.7 Å². The van der Waals surface area contributed by atoms with Crippen LogP contribution < -0.4 is 16.0 Å². The number of para-hydroxylation sites is 1. The zero-order chi connectivity index (χ0) is 20.3. The lowest BCUT2D eigenvalue weighted by atomic mass is 9.99. The molecule has 0 unspecified atom stereocenters. The van der Waals surface area contributed by atoms with Crippen molar-refractivity contribution >= 4 is 11.2 Å². The highest BCUT2D eigenvalue weighted by Crippen LogP contribution is 2.26. The molecule has 0 amide bonds. The zero-order valence-corrected chi connectivity index (χ0v) is 17.0. The largest absolute Gasteiger partial charge is 0.425 e. The molecule has 0 aliphatic heterocycles. The van der Waals surface area contributed by atoms with Crippen LogP contribution in [0.1, 0.15) is 39.5 Å². The maximum absolute atomic E-state index is 12.9. The number of aromatic nitrogens is 4. The molecule has 3 aromatic rings. The van der Waals surface area contributed by atoms with E-state index in [-0.39, 0.29) is 5.56 Å². The van der Waals surface area contributed by atoms with Crippen LogP contribution in [0, 0.1) is 5.92 Å². The molecule has 0 N–H and O–H groups in total. The number of hydrogen-bond acceptors (Lipinski definition) is 4. The Morgan fingerprint density at radius 3 is 2.43 bits per heavy atom. The van der Waals surface area contributed by atoms with Gasteiger partial charge >= 0.3 is 11.7 Å². The van der Waals surface area contributed by atoms with Gasteiger partial charge in [0.2, 0.25) is 0 Å². The molecule has 2 heterocycles. The van der Waals surface area contributed by atoms with Gasteiger partial charge in [0.15, 0.2) is 11.2 Å². The van der Waals surface area contributed by atoms with Crippen LogP contribution in [0.15, 0.2) is 39.9 Å². The average Bonchev–Trinajstić information content (AvgIpc) is 3.06. The SMILES string of the molecule is CCCC[C@@H](CC)Cn1c(Oc2ccccc2)nc2c1c(=O)n(C)c(=O)n2C. The minimum absolute atomic E-state index is 0.342. The number of imidazole rings is 1. The molecule has 0 aliphatic carbocycles. The number of unbranched alkanes of at least 4 members (excludes halogenated alkanes) is 1. The summed E-state index contributed by atoms with van der Waals surface area (Å²) in [6.45, 7) is 4.96. The number of aryl methyl sites for hydroxylation is 1. The van der Waals surface area contributed by atoms with E-state index < -0.39 is 5.69 Å². The Labute approximate surface area is 164 Å². The first-order chi connectivity index (χ1) is 13.5. The van der Waals surface area contributed by atoms with E-state index in [2.05, 4.69) is 18.8 Å². The molecule has 7 nitrogen and oxygen atoms in total. The summed E-state index contributed by atoms with van der Waals surface area (Å²) < 4.78 is 10.4. The van der Waals surface area contributed by atoms with E-state index in [9.17, 15) is 9.59 Å². The Morgan fingerprint density at radius 2 is 1.79 bits per heavy atom. The first-order valence-corrected chi connectivity index (χ1v) is 9.87. The van der Waals surface area contributed by atoms with E-state index >= 15 is 0 Å². The van der Waals surface area contributed by atoms with Crippen LogP contribution >= 0.6 is 0 Å². The number of nitrogens with zero attached hydrogens (tertiary/aromatic N) is 4. The van der Waals surface area contributed by atoms with Gasteiger partial charge in [-0.05, 0) is 24.5 Å². The van der Waals surface area contributed by atoms with Crippen LogP contribution in [0.3, 0.4) is 0 Å². The summed E-state index contributed by atoms with van der Waals surface area (Å²) in [6.07, 6.45) is 4.33. The summed E-state index contributed by atoms with van der Waals surface area (Å²) in [5.74, 6) is 1.04. The first kappa shape index (κ1) is 19.9. The molecular formula is C21H28N4O3. The molecule has 0 fully saturated rings. The van der Waals surface area contributed by atoms with Crippen molar-refractivity contribution in [3.05, 3.63) is 51.2 Å². The van der Waals surface area contributed by atoms with Crippen LogP contribution in [0.5, 0.6) is 11.8 Å². The Hall–Kier alpha value is -2.83. The Balaban J connectivity index is 2.17. The lowest BCUT2D eigenvalue weighted by Crippen LogP contribution is -2.37. The number of ether oxygens (including phenoxy) is 1. The highest BCUT2D eigenvalue weighted by molar-refractivity contribution is 5.72. The molecule has 2 aromatic heterocycles. The second-order valence-electron chi connectivity index (χ2n) is 7.21. The number of rotatable bonds is 8. The van der Waals surface area contributed by atoms with Gasteiger partial charge in [-0.3, -0.25) is 18.5 Å². The van der Waals surface area contributed by atoms with Gasteiger partial charge in [0.05, 0.1) is 0 Å². The maximum atomic E-state index is 12.9. The fourth-order valence-electron chi connectivity index (χ4n) is 3.44. The summed E-state index contributed by atoms with van der Waals surface area (Å²) in [5, 5.41) is 0. The van der Waals surface area contributed by atoms with Gasteiger partial charge in [0.1, 0.15) is 5.75 Å². The van der Waals surface area contributed by atoms with Crippen LogP contribution in [0.2, 0.25) is 0 Å². The summed E-state index contributed by atoms with van der Waals surface area (Å²) >= 11 is 0. The Kier molecular flexibility index (Phi) is 6.02. The molecule has 0 spiro atoms. The van der Waals surface area contributed by atoms with E-state index in [4.69, 9.17) is 4.74 Å². The molecular weight excluding hydrogens is 356 g/mol. The summed E-state index contributed by atoms with van der Waals surface area (Å²) in [5.41, 5.74) is 0.0140. The van der Waals surface area contributed by atoms with Crippen LogP contribution in [-0.2, 0) is 20.6 Å². The Morgan fingerprint density at radius 1 is 1.07 bits per heavy atom. The minimum atomic E-state index is -0.397. The summed E-state index contributed by atoms with van der Waals surface area (Å²) in [4.78, 5) is 29.8. The van der Waals surface area contributed by atoms with Gasteiger partial charge in [0, 0.05) is 20.6 Å². The number of fused-ring (bicyclic) bond motifs is 1. The average molecular weight is 384 g/mol. The van der Waals surface area contributed by atoms with Crippen LogP contribution in [0.25, 0.3) is 11.2 Å². The molecule has 28 heavy (non-hydrogen) atoms. The lowest BCUT2D eigenvalue weighted by Gasteiger charge is -2.17. The van der Waals surface area contributed by atoms with Crippen molar-refractivity contribution in [2.45, 2.75) is 46.1 Å².